The van der Waals surface area contributed by atoms with Crippen molar-refractivity contribution in [2.75, 3.05) is 7.11 Å². The molecule has 0 atom stereocenters. The SMILES string of the molecule is COc1ccc(-c2nc(-c3cccs3)no2)cc1[N+](=O)[O-]. The van der Waals surface area contributed by atoms with E-state index in [0.717, 1.165) is 4.88 Å². The average molecular weight is 303 g/mol. The molecule has 106 valence electrons. The first-order valence-corrected chi connectivity index (χ1v) is 6.77. The zero-order chi connectivity index (χ0) is 14.8. The molecule has 1 aromatic carbocycles. The fourth-order valence-corrected chi connectivity index (χ4v) is 2.46. The normalized spacial score (nSPS) is 10.5. The van der Waals surface area contributed by atoms with Gasteiger partial charge >= 0.3 is 5.69 Å². The van der Waals surface area contributed by atoms with Crippen LogP contribution in [0.3, 0.4) is 0 Å². The van der Waals surface area contributed by atoms with Gasteiger partial charge in [-0.05, 0) is 23.6 Å². The predicted molar refractivity (Wildman–Crippen MR) is 76.3 cm³/mol. The van der Waals surface area contributed by atoms with E-state index in [2.05, 4.69) is 10.1 Å². The zero-order valence-corrected chi connectivity index (χ0v) is 11.7. The van der Waals surface area contributed by atoms with Crippen LogP contribution in [-0.2, 0) is 0 Å². The van der Waals surface area contributed by atoms with E-state index in [1.165, 1.54) is 30.6 Å². The van der Waals surface area contributed by atoms with Gasteiger partial charge in [0, 0.05) is 11.6 Å². The molecule has 0 aliphatic heterocycles. The van der Waals surface area contributed by atoms with Crippen LogP contribution >= 0.6 is 11.3 Å². The van der Waals surface area contributed by atoms with Gasteiger partial charge in [-0.2, -0.15) is 4.98 Å². The second kappa shape index (κ2) is 5.33. The van der Waals surface area contributed by atoms with Crippen LogP contribution in [0, 0.1) is 10.1 Å². The summed E-state index contributed by atoms with van der Waals surface area (Å²) in [5.41, 5.74) is 0.323. The highest BCUT2D eigenvalue weighted by molar-refractivity contribution is 7.13. The summed E-state index contributed by atoms with van der Waals surface area (Å²) in [6.07, 6.45) is 0. The Kier molecular flexibility index (Phi) is 3.36. The number of nitro benzene ring substituents is 1. The zero-order valence-electron chi connectivity index (χ0n) is 10.8. The minimum atomic E-state index is -0.515. The topological polar surface area (TPSA) is 91.3 Å². The average Bonchev–Trinajstić information content (AvgIpc) is 3.17. The van der Waals surface area contributed by atoms with E-state index in [9.17, 15) is 10.1 Å². The van der Waals surface area contributed by atoms with E-state index < -0.39 is 4.92 Å². The quantitative estimate of drug-likeness (QED) is 0.542. The van der Waals surface area contributed by atoms with Crippen LogP contribution in [0.1, 0.15) is 0 Å². The number of nitrogens with zero attached hydrogens (tertiary/aromatic N) is 3. The standard InChI is InChI=1S/C13H9N3O4S/c1-19-10-5-4-8(7-9(10)16(17)18)13-14-12(15-20-13)11-3-2-6-21-11/h2-7H,1H3. The highest BCUT2D eigenvalue weighted by Gasteiger charge is 2.19. The first kappa shape index (κ1) is 13.3. The smallest absolute Gasteiger partial charge is 0.311 e. The number of methoxy groups -OCH3 is 1. The van der Waals surface area contributed by atoms with Crippen molar-refractivity contribution in [1.82, 2.24) is 10.1 Å². The van der Waals surface area contributed by atoms with E-state index in [4.69, 9.17) is 9.26 Å². The van der Waals surface area contributed by atoms with Crippen LogP contribution in [-0.4, -0.2) is 22.2 Å². The molecule has 0 saturated carbocycles. The Bertz CT molecular complexity index is 783. The lowest BCUT2D eigenvalue weighted by atomic mass is 10.2. The summed E-state index contributed by atoms with van der Waals surface area (Å²) >= 11 is 1.49. The van der Waals surface area contributed by atoms with Crippen molar-refractivity contribution in [2.24, 2.45) is 0 Å². The molecule has 8 heteroatoms. The molecule has 3 rings (SSSR count). The Morgan fingerprint density at radius 1 is 1.38 bits per heavy atom. The lowest BCUT2D eigenvalue weighted by Crippen LogP contribution is -1.94. The van der Waals surface area contributed by atoms with Gasteiger partial charge in [0.25, 0.3) is 5.89 Å². The van der Waals surface area contributed by atoms with Crippen molar-refractivity contribution < 1.29 is 14.2 Å². The van der Waals surface area contributed by atoms with Gasteiger partial charge in [0.15, 0.2) is 5.75 Å². The first-order valence-electron chi connectivity index (χ1n) is 5.89. The lowest BCUT2D eigenvalue weighted by Gasteiger charge is -2.01. The molecule has 0 radical (unpaired) electrons. The van der Waals surface area contributed by atoms with Crippen LogP contribution in [0.2, 0.25) is 0 Å². The maximum atomic E-state index is 11.0. The van der Waals surface area contributed by atoms with Crippen molar-refractivity contribution in [3.63, 3.8) is 0 Å². The van der Waals surface area contributed by atoms with Gasteiger partial charge in [0.1, 0.15) is 0 Å². The summed E-state index contributed by atoms with van der Waals surface area (Å²) in [6, 6.07) is 8.24. The van der Waals surface area contributed by atoms with Crippen molar-refractivity contribution in [2.45, 2.75) is 0 Å². The highest BCUT2D eigenvalue weighted by atomic mass is 32.1. The molecule has 3 aromatic rings. The van der Waals surface area contributed by atoms with Crippen LogP contribution in [0.4, 0.5) is 5.69 Å². The van der Waals surface area contributed by atoms with E-state index in [1.54, 1.807) is 6.07 Å². The van der Waals surface area contributed by atoms with E-state index in [1.807, 2.05) is 17.5 Å². The van der Waals surface area contributed by atoms with Gasteiger partial charge in [0.2, 0.25) is 5.82 Å². The minimum absolute atomic E-state index is 0.147. The third-order valence-electron chi connectivity index (χ3n) is 2.79. The van der Waals surface area contributed by atoms with Gasteiger partial charge in [0.05, 0.1) is 16.9 Å². The molecule has 2 heterocycles. The predicted octanol–water partition coefficient (Wildman–Crippen LogP) is 3.38. The molecular weight excluding hydrogens is 294 g/mol. The number of hydrogen-bond acceptors (Lipinski definition) is 7. The summed E-state index contributed by atoms with van der Waals surface area (Å²) in [5.74, 6) is 0.865. The van der Waals surface area contributed by atoms with Crippen LogP contribution < -0.4 is 4.74 Å². The Balaban J connectivity index is 2.01. The monoisotopic (exact) mass is 303 g/mol. The fourth-order valence-electron chi connectivity index (χ4n) is 1.81. The molecule has 0 aliphatic carbocycles. The van der Waals surface area contributed by atoms with Gasteiger partial charge < -0.3 is 9.26 Å². The van der Waals surface area contributed by atoms with Crippen molar-refractivity contribution in [3.05, 3.63) is 45.8 Å². The summed E-state index contributed by atoms with van der Waals surface area (Å²) in [5, 5.41) is 16.8. The second-order valence-electron chi connectivity index (χ2n) is 4.04. The Morgan fingerprint density at radius 3 is 2.90 bits per heavy atom. The molecule has 0 amide bonds. The van der Waals surface area contributed by atoms with Crippen LogP contribution in [0.5, 0.6) is 5.75 Å². The molecule has 0 bridgehead atoms. The van der Waals surface area contributed by atoms with Crippen molar-refractivity contribution in [3.8, 4) is 27.9 Å². The molecule has 0 fully saturated rings. The highest BCUT2D eigenvalue weighted by Crippen LogP contribution is 2.32. The number of benzene rings is 1. The molecule has 21 heavy (non-hydrogen) atoms. The molecular formula is C13H9N3O4S. The Hall–Kier alpha value is -2.74. The molecule has 0 unspecified atom stereocenters. The Labute approximate surface area is 123 Å². The summed E-state index contributed by atoms with van der Waals surface area (Å²) in [6.45, 7) is 0. The largest absolute Gasteiger partial charge is 0.490 e. The maximum absolute atomic E-state index is 11.0. The number of hydrogen-bond donors (Lipinski definition) is 0. The van der Waals surface area contributed by atoms with E-state index >= 15 is 0 Å². The van der Waals surface area contributed by atoms with Gasteiger partial charge in [-0.3, -0.25) is 10.1 Å². The Morgan fingerprint density at radius 2 is 2.24 bits per heavy atom. The van der Waals surface area contributed by atoms with Gasteiger partial charge in [-0.25, -0.2) is 0 Å². The van der Waals surface area contributed by atoms with Crippen LogP contribution in [0.25, 0.3) is 22.2 Å². The molecule has 0 aliphatic rings. The van der Waals surface area contributed by atoms with Crippen LogP contribution in [0.15, 0.2) is 40.2 Å². The van der Waals surface area contributed by atoms with E-state index in [-0.39, 0.29) is 17.3 Å². The first-order chi connectivity index (χ1) is 10.2. The fraction of sp³-hybridized carbons (Fsp3) is 0.0769. The maximum Gasteiger partial charge on any atom is 0.311 e. The molecule has 0 N–H and O–H groups in total. The summed E-state index contributed by atoms with van der Waals surface area (Å²) in [7, 11) is 1.38. The number of nitro groups is 1. The van der Waals surface area contributed by atoms with Crippen molar-refractivity contribution >= 4 is 17.0 Å². The third-order valence-corrected chi connectivity index (χ3v) is 3.66. The second-order valence-corrected chi connectivity index (χ2v) is 4.99. The number of thiophene rings is 1. The number of rotatable bonds is 4. The summed E-state index contributed by atoms with van der Waals surface area (Å²) in [4.78, 5) is 15.6. The number of ether oxygens (including phenoxy) is 1. The molecule has 0 spiro atoms. The minimum Gasteiger partial charge on any atom is -0.490 e. The van der Waals surface area contributed by atoms with Gasteiger partial charge in [-0.1, -0.05) is 11.2 Å². The molecule has 0 saturated heterocycles. The van der Waals surface area contributed by atoms with Crippen molar-refractivity contribution in [1.29, 1.82) is 0 Å². The molecule has 2 aromatic heterocycles. The van der Waals surface area contributed by atoms with E-state index in [0.29, 0.717) is 11.4 Å². The van der Waals surface area contributed by atoms with Gasteiger partial charge in [-0.15, -0.1) is 11.3 Å². The summed E-state index contributed by atoms with van der Waals surface area (Å²) < 4.78 is 10.1. The number of aromatic nitrogens is 2. The lowest BCUT2D eigenvalue weighted by molar-refractivity contribution is -0.385. The molecule has 7 nitrogen and oxygen atoms in total. The third kappa shape index (κ3) is 2.48.